The summed E-state index contributed by atoms with van der Waals surface area (Å²) in [7, 11) is 2.04. The Morgan fingerprint density at radius 2 is 2.10 bits per heavy atom. The summed E-state index contributed by atoms with van der Waals surface area (Å²) in [6.07, 6.45) is 4.96. The van der Waals surface area contributed by atoms with Crippen LogP contribution in [0.1, 0.15) is 25.2 Å². The maximum Gasteiger partial charge on any atom is 0.126 e. The molecule has 1 aromatic carbocycles. The predicted octanol–water partition coefficient (Wildman–Crippen LogP) is 3.91. The Bertz CT molecular complexity index is 524. The molecule has 3 nitrogen and oxygen atoms in total. The van der Waals surface area contributed by atoms with Crippen molar-refractivity contribution in [3.05, 3.63) is 47.5 Å². The lowest BCUT2D eigenvalue weighted by Crippen LogP contribution is -2.26. The first-order valence-electron chi connectivity index (χ1n) is 6.79. The summed E-state index contributed by atoms with van der Waals surface area (Å²) < 4.78 is 2.08. The molecule has 0 aliphatic rings. The number of aryl methyl sites for hydroxylation is 1. The molecule has 1 unspecified atom stereocenters. The van der Waals surface area contributed by atoms with Crippen molar-refractivity contribution in [1.29, 1.82) is 0 Å². The Morgan fingerprint density at radius 1 is 1.35 bits per heavy atom. The standard InChI is InChI=1S/C15H20ClN3S/c1-3-8-17-14(15-18-9-10-19(15)2)11-20-13-6-4-12(16)5-7-13/h4-7,9-10,14,17H,3,8,11H2,1-2H3. The number of hydrogen-bond donors (Lipinski definition) is 1. The Balaban J connectivity index is 2.01. The van der Waals surface area contributed by atoms with Crippen LogP contribution in [0.25, 0.3) is 0 Å². The van der Waals surface area contributed by atoms with Crippen LogP contribution in [0.15, 0.2) is 41.6 Å². The first-order valence-corrected chi connectivity index (χ1v) is 8.16. The van der Waals surface area contributed by atoms with Crippen LogP contribution in [0.4, 0.5) is 0 Å². The molecular weight excluding hydrogens is 290 g/mol. The van der Waals surface area contributed by atoms with Crippen LogP contribution in [0.2, 0.25) is 5.02 Å². The van der Waals surface area contributed by atoms with Gasteiger partial charge < -0.3 is 9.88 Å². The van der Waals surface area contributed by atoms with E-state index in [0.717, 1.165) is 29.6 Å². The fraction of sp³-hybridized carbons (Fsp3) is 0.400. The molecule has 0 bridgehead atoms. The molecule has 1 heterocycles. The zero-order valence-corrected chi connectivity index (χ0v) is 13.4. The summed E-state index contributed by atoms with van der Waals surface area (Å²) in [5, 5.41) is 4.34. The lowest BCUT2D eigenvalue weighted by Gasteiger charge is -2.18. The van der Waals surface area contributed by atoms with E-state index in [-0.39, 0.29) is 6.04 Å². The highest BCUT2D eigenvalue weighted by Crippen LogP contribution is 2.25. The highest BCUT2D eigenvalue weighted by molar-refractivity contribution is 7.99. The molecule has 0 amide bonds. The first-order chi connectivity index (χ1) is 9.70. The van der Waals surface area contributed by atoms with Gasteiger partial charge in [-0.1, -0.05) is 18.5 Å². The summed E-state index contributed by atoms with van der Waals surface area (Å²) >= 11 is 7.73. The zero-order valence-electron chi connectivity index (χ0n) is 11.8. The monoisotopic (exact) mass is 309 g/mol. The highest BCUT2D eigenvalue weighted by Gasteiger charge is 2.15. The number of imidazole rings is 1. The maximum atomic E-state index is 5.91. The Morgan fingerprint density at radius 3 is 2.70 bits per heavy atom. The molecule has 0 spiro atoms. The smallest absolute Gasteiger partial charge is 0.126 e. The largest absolute Gasteiger partial charge is 0.337 e. The van der Waals surface area contributed by atoms with Gasteiger partial charge in [-0.25, -0.2) is 4.98 Å². The third kappa shape index (κ3) is 4.27. The van der Waals surface area contributed by atoms with Crippen molar-refractivity contribution < 1.29 is 0 Å². The lowest BCUT2D eigenvalue weighted by molar-refractivity contribution is 0.535. The van der Waals surface area contributed by atoms with E-state index in [1.807, 2.05) is 43.3 Å². The van der Waals surface area contributed by atoms with Crippen LogP contribution in [0, 0.1) is 0 Å². The molecule has 0 fully saturated rings. The van der Waals surface area contributed by atoms with Gasteiger partial charge in [0, 0.05) is 35.1 Å². The number of aromatic nitrogens is 2. The molecule has 0 aliphatic heterocycles. The number of nitrogens with zero attached hydrogens (tertiary/aromatic N) is 2. The molecule has 108 valence electrons. The van der Waals surface area contributed by atoms with Gasteiger partial charge in [0.1, 0.15) is 5.82 Å². The van der Waals surface area contributed by atoms with Crippen molar-refractivity contribution >= 4 is 23.4 Å². The Hall–Kier alpha value is -0.970. The fourth-order valence-electron chi connectivity index (χ4n) is 1.97. The van der Waals surface area contributed by atoms with Crippen molar-refractivity contribution in [2.75, 3.05) is 12.3 Å². The number of benzene rings is 1. The van der Waals surface area contributed by atoms with Crippen LogP contribution in [0.5, 0.6) is 0 Å². The number of hydrogen-bond acceptors (Lipinski definition) is 3. The minimum absolute atomic E-state index is 0.260. The van der Waals surface area contributed by atoms with Gasteiger partial charge in [0.15, 0.2) is 0 Å². The van der Waals surface area contributed by atoms with Crippen LogP contribution in [0.3, 0.4) is 0 Å². The molecular formula is C15H20ClN3S. The lowest BCUT2D eigenvalue weighted by atomic mass is 10.3. The molecule has 20 heavy (non-hydrogen) atoms. The van der Waals surface area contributed by atoms with Gasteiger partial charge in [-0.05, 0) is 37.2 Å². The average molecular weight is 310 g/mol. The topological polar surface area (TPSA) is 29.9 Å². The molecule has 1 aromatic heterocycles. The summed E-state index contributed by atoms with van der Waals surface area (Å²) in [6.45, 7) is 3.17. The van der Waals surface area contributed by atoms with E-state index in [9.17, 15) is 0 Å². The van der Waals surface area contributed by atoms with Crippen molar-refractivity contribution in [2.45, 2.75) is 24.3 Å². The van der Waals surface area contributed by atoms with E-state index < -0.39 is 0 Å². The molecule has 0 saturated carbocycles. The summed E-state index contributed by atoms with van der Waals surface area (Å²) in [5.74, 6) is 2.03. The first kappa shape index (κ1) is 15.4. The van der Waals surface area contributed by atoms with Crippen LogP contribution >= 0.6 is 23.4 Å². The van der Waals surface area contributed by atoms with E-state index >= 15 is 0 Å². The van der Waals surface area contributed by atoms with Crippen molar-refractivity contribution in [3.63, 3.8) is 0 Å². The van der Waals surface area contributed by atoms with Crippen LogP contribution in [-0.2, 0) is 7.05 Å². The van der Waals surface area contributed by atoms with Gasteiger partial charge in [-0.15, -0.1) is 11.8 Å². The molecule has 1 N–H and O–H groups in total. The predicted molar refractivity (Wildman–Crippen MR) is 86.4 cm³/mol. The third-order valence-electron chi connectivity index (χ3n) is 3.04. The Labute approximate surface area is 129 Å². The summed E-state index contributed by atoms with van der Waals surface area (Å²) in [5.41, 5.74) is 0. The van der Waals surface area contributed by atoms with E-state index in [0.29, 0.717) is 0 Å². The fourth-order valence-corrected chi connectivity index (χ4v) is 3.05. The number of thioether (sulfide) groups is 1. The number of rotatable bonds is 7. The van der Waals surface area contributed by atoms with Gasteiger partial charge >= 0.3 is 0 Å². The normalized spacial score (nSPS) is 12.6. The third-order valence-corrected chi connectivity index (χ3v) is 4.40. The van der Waals surface area contributed by atoms with Gasteiger partial charge in [0.25, 0.3) is 0 Å². The molecule has 1 atom stereocenters. The summed E-state index contributed by atoms with van der Waals surface area (Å²) in [4.78, 5) is 5.69. The summed E-state index contributed by atoms with van der Waals surface area (Å²) in [6, 6.07) is 8.23. The highest BCUT2D eigenvalue weighted by atomic mass is 35.5. The van der Waals surface area contributed by atoms with Gasteiger partial charge in [0.2, 0.25) is 0 Å². The van der Waals surface area contributed by atoms with E-state index in [4.69, 9.17) is 11.6 Å². The number of nitrogens with one attached hydrogen (secondary N) is 1. The van der Waals surface area contributed by atoms with Crippen LogP contribution < -0.4 is 5.32 Å². The van der Waals surface area contributed by atoms with Crippen molar-refractivity contribution in [1.82, 2.24) is 14.9 Å². The zero-order chi connectivity index (χ0) is 14.4. The SMILES string of the molecule is CCCNC(CSc1ccc(Cl)cc1)c1nccn1C. The molecule has 2 aromatic rings. The van der Waals surface area contributed by atoms with Crippen molar-refractivity contribution in [2.24, 2.45) is 7.05 Å². The van der Waals surface area contributed by atoms with Gasteiger partial charge in [-0.3, -0.25) is 0 Å². The van der Waals surface area contributed by atoms with E-state index in [2.05, 4.69) is 33.9 Å². The van der Waals surface area contributed by atoms with E-state index in [1.165, 1.54) is 4.90 Å². The minimum Gasteiger partial charge on any atom is -0.337 e. The van der Waals surface area contributed by atoms with Crippen molar-refractivity contribution in [3.8, 4) is 0 Å². The van der Waals surface area contributed by atoms with Gasteiger partial charge in [-0.2, -0.15) is 0 Å². The minimum atomic E-state index is 0.260. The molecule has 0 radical (unpaired) electrons. The molecule has 0 aliphatic carbocycles. The molecule has 0 saturated heterocycles. The average Bonchev–Trinajstić information content (AvgIpc) is 2.87. The second-order valence-electron chi connectivity index (χ2n) is 4.67. The quantitative estimate of drug-likeness (QED) is 0.787. The van der Waals surface area contributed by atoms with E-state index in [1.54, 1.807) is 0 Å². The second-order valence-corrected chi connectivity index (χ2v) is 6.20. The Kier molecular flexibility index (Phi) is 5.95. The molecule has 5 heteroatoms. The van der Waals surface area contributed by atoms with Gasteiger partial charge in [0.05, 0.1) is 6.04 Å². The number of halogens is 1. The maximum absolute atomic E-state index is 5.91. The molecule has 2 rings (SSSR count). The van der Waals surface area contributed by atoms with Crippen LogP contribution in [-0.4, -0.2) is 21.8 Å². The second kappa shape index (κ2) is 7.72.